The fourth-order valence-corrected chi connectivity index (χ4v) is 3.39. The van der Waals surface area contributed by atoms with E-state index in [0.29, 0.717) is 38.0 Å². The molecule has 1 fully saturated rings. The molecule has 2 atom stereocenters. The van der Waals surface area contributed by atoms with Gasteiger partial charge in [-0.05, 0) is 37.2 Å². The van der Waals surface area contributed by atoms with Crippen LogP contribution in [0.2, 0.25) is 0 Å². The molecule has 1 saturated heterocycles. The summed E-state index contributed by atoms with van der Waals surface area (Å²) in [5.41, 5.74) is 0.0516. The van der Waals surface area contributed by atoms with Gasteiger partial charge in [-0.15, -0.1) is 0 Å². The van der Waals surface area contributed by atoms with E-state index in [9.17, 15) is 14.4 Å². The van der Waals surface area contributed by atoms with Crippen molar-refractivity contribution in [2.45, 2.75) is 45.1 Å². The first-order valence-electron chi connectivity index (χ1n) is 8.17. The largest absolute Gasteiger partial charge is 0.383 e. The molecule has 0 N–H and O–H groups in total. The van der Waals surface area contributed by atoms with Crippen molar-refractivity contribution in [2.24, 2.45) is 5.41 Å². The lowest BCUT2D eigenvalue weighted by atomic mass is 9.75. The van der Waals surface area contributed by atoms with Gasteiger partial charge in [-0.1, -0.05) is 19.1 Å². The monoisotopic (exact) mass is 319 g/mol. The topological polar surface area (TPSA) is 63.7 Å². The Morgan fingerprint density at radius 1 is 1.52 bits per heavy atom. The van der Waals surface area contributed by atoms with Crippen LogP contribution in [-0.4, -0.2) is 49.2 Å². The molecule has 0 bridgehead atoms. The summed E-state index contributed by atoms with van der Waals surface area (Å²) in [4.78, 5) is 37.3. The predicted octanol–water partition coefficient (Wildman–Crippen LogP) is 2.06. The second kappa shape index (κ2) is 7.68. The van der Waals surface area contributed by atoms with Crippen LogP contribution in [0.5, 0.6) is 0 Å². The van der Waals surface area contributed by atoms with Crippen molar-refractivity contribution in [2.75, 3.05) is 20.3 Å². The molecule has 5 nitrogen and oxygen atoms in total. The number of amides is 1. The maximum absolute atomic E-state index is 12.8. The summed E-state index contributed by atoms with van der Waals surface area (Å²) in [5, 5.41) is 0. The number of nitrogens with zero attached hydrogens (tertiary/aromatic N) is 1. The minimum atomic E-state index is -0.255. The lowest BCUT2D eigenvalue weighted by Crippen LogP contribution is -2.41. The molecular weight excluding hydrogens is 294 g/mol. The number of allylic oxidation sites excluding steroid dienone is 3. The second-order valence-corrected chi connectivity index (χ2v) is 6.65. The lowest BCUT2D eigenvalue weighted by Gasteiger charge is -2.32. The number of Topliss-reactive ketones (excluding diaryl/α,β-unsaturated/α-hetero) is 1. The highest BCUT2D eigenvalue weighted by atomic mass is 16.5. The van der Waals surface area contributed by atoms with Crippen molar-refractivity contribution in [3.05, 3.63) is 23.8 Å². The molecule has 0 unspecified atom stereocenters. The molecule has 5 heteroatoms. The molecule has 23 heavy (non-hydrogen) atoms. The molecule has 0 aromatic heterocycles. The highest BCUT2D eigenvalue weighted by molar-refractivity contribution is 6.19. The maximum Gasteiger partial charge on any atom is 0.257 e. The highest BCUT2D eigenvalue weighted by Gasteiger charge is 2.37. The Morgan fingerprint density at radius 2 is 2.30 bits per heavy atom. The van der Waals surface area contributed by atoms with Crippen molar-refractivity contribution in [3.8, 4) is 0 Å². The Labute approximate surface area is 137 Å². The van der Waals surface area contributed by atoms with Gasteiger partial charge in [-0.3, -0.25) is 14.4 Å². The minimum absolute atomic E-state index is 0.0596. The second-order valence-electron chi connectivity index (χ2n) is 6.65. The van der Waals surface area contributed by atoms with Crippen LogP contribution in [0.4, 0.5) is 0 Å². The zero-order valence-corrected chi connectivity index (χ0v) is 13.9. The van der Waals surface area contributed by atoms with Gasteiger partial charge in [0.05, 0.1) is 18.2 Å². The number of methoxy groups -OCH3 is 1. The summed E-state index contributed by atoms with van der Waals surface area (Å²) in [5.74, 6) is -0.241. The number of carbonyl (C=O) groups excluding carboxylic acids is 3. The number of aldehydes is 1. The van der Waals surface area contributed by atoms with E-state index >= 15 is 0 Å². The van der Waals surface area contributed by atoms with Gasteiger partial charge >= 0.3 is 0 Å². The van der Waals surface area contributed by atoms with E-state index in [0.717, 1.165) is 19.1 Å². The molecule has 2 rings (SSSR count). The van der Waals surface area contributed by atoms with Gasteiger partial charge in [0.15, 0.2) is 5.78 Å². The van der Waals surface area contributed by atoms with Crippen LogP contribution in [0.1, 0.15) is 39.0 Å². The van der Waals surface area contributed by atoms with Crippen LogP contribution in [0.3, 0.4) is 0 Å². The number of rotatable bonds is 6. The zero-order valence-electron chi connectivity index (χ0n) is 13.9. The van der Waals surface area contributed by atoms with E-state index in [2.05, 4.69) is 0 Å². The minimum Gasteiger partial charge on any atom is -0.383 e. The average molecular weight is 319 g/mol. The molecule has 1 aliphatic carbocycles. The Hall–Kier alpha value is -1.75. The predicted molar refractivity (Wildman–Crippen MR) is 86.9 cm³/mol. The van der Waals surface area contributed by atoms with Crippen molar-refractivity contribution in [1.82, 2.24) is 4.90 Å². The van der Waals surface area contributed by atoms with Crippen LogP contribution >= 0.6 is 0 Å². The van der Waals surface area contributed by atoms with Crippen molar-refractivity contribution < 1.29 is 19.1 Å². The molecule has 126 valence electrons. The Bertz CT molecular complexity index is 537. The SMILES string of the molecule is COC[C@@H]1CCCN1C(=O)C1=C[C@@](C)(C/C=C/C=O)CCC1=O. The van der Waals surface area contributed by atoms with E-state index in [1.54, 1.807) is 18.1 Å². The fourth-order valence-electron chi connectivity index (χ4n) is 3.39. The summed E-state index contributed by atoms with van der Waals surface area (Å²) in [6, 6.07) is 0.0596. The summed E-state index contributed by atoms with van der Waals surface area (Å²) in [6.07, 6.45) is 9.42. The molecule has 0 aromatic carbocycles. The van der Waals surface area contributed by atoms with Gasteiger partial charge in [-0.25, -0.2) is 0 Å². The quantitative estimate of drug-likeness (QED) is 0.427. The standard InChI is InChI=1S/C18H25NO4/c1-18(8-3-4-11-20)9-7-16(21)15(12-18)17(22)19-10-5-6-14(19)13-23-2/h3-4,11-12,14H,5-10,13H2,1-2H3/b4-3+/t14-,18-/m0/s1. The molecule has 1 aliphatic heterocycles. The summed E-state index contributed by atoms with van der Waals surface area (Å²) >= 11 is 0. The number of likely N-dealkylation sites (tertiary alicyclic amines) is 1. The van der Waals surface area contributed by atoms with Crippen LogP contribution < -0.4 is 0 Å². The third-order valence-electron chi connectivity index (χ3n) is 4.74. The van der Waals surface area contributed by atoms with E-state index in [-0.39, 0.29) is 23.1 Å². The van der Waals surface area contributed by atoms with Crippen LogP contribution in [0.25, 0.3) is 0 Å². The Morgan fingerprint density at radius 3 is 3.00 bits per heavy atom. The number of ether oxygens (including phenoxy) is 1. The highest BCUT2D eigenvalue weighted by Crippen LogP contribution is 2.37. The van der Waals surface area contributed by atoms with Gasteiger partial charge in [0.2, 0.25) is 0 Å². The molecular formula is C18H25NO4. The third-order valence-corrected chi connectivity index (χ3v) is 4.74. The van der Waals surface area contributed by atoms with Gasteiger partial charge < -0.3 is 9.64 Å². The van der Waals surface area contributed by atoms with E-state index in [1.807, 2.05) is 13.0 Å². The first-order chi connectivity index (χ1) is 11.0. The smallest absolute Gasteiger partial charge is 0.257 e. The molecule has 0 saturated carbocycles. The van der Waals surface area contributed by atoms with Crippen molar-refractivity contribution >= 4 is 18.0 Å². The van der Waals surface area contributed by atoms with Crippen molar-refractivity contribution in [1.29, 1.82) is 0 Å². The van der Waals surface area contributed by atoms with E-state index in [4.69, 9.17) is 4.74 Å². The van der Waals surface area contributed by atoms with Gasteiger partial charge in [0.25, 0.3) is 5.91 Å². The lowest BCUT2D eigenvalue weighted by molar-refractivity contribution is -0.131. The van der Waals surface area contributed by atoms with Crippen LogP contribution in [-0.2, 0) is 19.1 Å². The van der Waals surface area contributed by atoms with E-state index in [1.165, 1.54) is 6.08 Å². The first kappa shape index (κ1) is 17.6. The number of carbonyl (C=O) groups is 3. The third kappa shape index (κ3) is 4.16. The first-order valence-corrected chi connectivity index (χ1v) is 8.17. The number of hydrogen-bond donors (Lipinski definition) is 0. The Balaban J connectivity index is 2.19. The molecule has 0 radical (unpaired) electrons. The fraction of sp³-hybridized carbons (Fsp3) is 0.611. The summed E-state index contributed by atoms with van der Waals surface area (Å²) < 4.78 is 5.19. The molecule has 0 spiro atoms. The maximum atomic E-state index is 12.8. The van der Waals surface area contributed by atoms with Crippen LogP contribution in [0.15, 0.2) is 23.8 Å². The zero-order chi connectivity index (χ0) is 16.9. The molecule has 0 aromatic rings. The Kier molecular flexibility index (Phi) is 5.88. The van der Waals surface area contributed by atoms with Gasteiger partial charge in [0.1, 0.15) is 6.29 Å². The molecule has 2 aliphatic rings. The van der Waals surface area contributed by atoms with Gasteiger partial charge in [-0.2, -0.15) is 0 Å². The number of ketones is 1. The van der Waals surface area contributed by atoms with Crippen molar-refractivity contribution in [3.63, 3.8) is 0 Å². The summed E-state index contributed by atoms with van der Waals surface area (Å²) in [6.45, 7) is 3.21. The number of hydrogen-bond acceptors (Lipinski definition) is 4. The summed E-state index contributed by atoms with van der Waals surface area (Å²) in [7, 11) is 1.63. The van der Waals surface area contributed by atoms with Crippen LogP contribution in [0, 0.1) is 5.41 Å². The molecule has 1 amide bonds. The van der Waals surface area contributed by atoms with Gasteiger partial charge in [0, 0.05) is 20.1 Å². The average Bonchev–Trinajstić information content (AvgIpc) is 2.98. The molecule has 1 heterocycles. The normalized spacial score (nSPS) is 28.3. The van der Waals surface area contributed by atoms with E-state index < -0.39 is 0 Å².